The lowest BCUT2D eigenvalue weighted by atomic mass is 10.3. The second-order valence-electron chi connectivity index (χ2n) is 3.45. The molecule has 2 rings (SSSR count). The van der Waals surface area contributed by atoms with Gasteiger partial charge in [0.25, 0.3) is 11.5 Å². The Balaban J connectivity index is 2.32. The van der Waals surface area contributed by atoms with Gasteiger partial charge in [-0.15, -0.1) is 0 Å². The van der Waals surface area contributed by atoms with Gasteiger partial charge in [0.15, 0.2) is 0 Å². The first kappa shape index (κ1) is 12.8. The van der Waals surface area contributed by atoms with Gasteiger partial charge in [0.1, 0.15) is 10.6 Å². The number of hydrogen-bond donors (Lipinski definition) is 3. The molecule has 0 spiro atoms. The van der Waals surface area contributed by atoms with E-state index >= 15 is 0 Å². The summed E-state index contributed by atoms with van der Waals surface area (Å²) in [5.74, 6) is -0.405. The largest absolute Gasteiger partial charge is 0.355 e. The standard InChI is InChI=1S/C11H10BrN3O2S/c1-13-9(16)8-10(17)15-18-11(8)14-7-4-2-6(12)3-5-7/h2-5,14H,1H3,(H,13,16)(H,15,17). The third kappa shape index (κ3) is 2.62. The molecular weight excluding hydrogens is 318 g/mol. The molecule has 0 aliphatic rings. The highest BCUT2D eigenvalue weighted by Crippen LogP contribution is 2.23. The van der Waals surface area contributed by atoms with Crippen LogP contribution in [0.2, 0.25) is 0 Å². The van der Waals surface area contributed by atoms with Gasteiger partial charge >= 0.3 is 0 Å². The molecule has 7 heteroatoms. The number of nitrogens with one attached hydrogen (secondary N) is 3. The fourth-order valence-electron chi connectivity index (χ4n) is 1.39. The summed E-state index contributed by atoms with van der Waals surface area (Å²) in [4.78, 5) is 23.1. The third-order valence-electron chi connectivity index (χ3n) is 2.26. The Morgan fingerprint density at radius 3 is 2.61 bits per heavy atom. The zero-order valence-electron chi connectivity index (χ0n) is 9.41. The Morgan fingerprint density at radius 1 is 1.33 bits per heavy atom. The van der Waals surface area contributed by atoms with Gasteiger partial charge in [0.2, 0.25) is 0 Å². The molecule has 2 aromatic rings. The van der Waals surface area contributed by atoms with Crippen molar-refractivity contribution < 1.29 is 4.79 Å². The van der Waals surface area contributed by atoms with E-state index in [1.807, 2.05) is 24.3 Å². The van der Waals surface area contributed by atoms with Gasteiger partial charge < -0.3 is 10.6 Å². The van der Waals surface area contributed by atoms with E-state index in [1.165, 1.54) is 7.05 Å². The summed E-state index contributed by atoms with van der Waals surface area (Å²) in [7, 11) is 1.49. The van der Waals surface area contributed by atoms with Crippen LogP contribution < -0.4 is 16.2 Å². The van der Waals surface area contributed by atoms with E-state index in [0.717, 1.165) is 21.7 Å². The molecule has 5 nitrogen and oxygen atoms in total. The first-order valence-electron chi connectivity index (χ1n) is 5.08. The highest BCUT2D eigenvalue weighted by Gasteiger charge is 2.17. The van der Waals surface area contributed by atoms with Gasteiger partial charge in [-0.3, -0.25) is 14.0 Å². The lowest BCUT2D eigenvalue weighted by Crippen LogP contribution is -2.24. The van der Waals surface area contributed by atoms with Crippen LogP contribution in [0.4, 0.5) is 10.7 Å². The molecule has 0 bridgehead atoms. The summed E-state index contributed by atoms with van der Waals surface area (Å²) < 4.78 is 3.50. The van der Waals surface area contributed by atoms with E-state index < -0.39 is 5.91 Å². The van der Waals surface area contributed by atoms with Crippen LogP contribution in [-0.2, 0) is 0 Å². The molecule has 0 aliphatic carbocycles. The van der Waals surface area contributed by atoms with Crippen molar-refractivity contribution in [2.45, 2.75) is 0 Å². The molecule has 1 aromatic heterocycles. The summed E-state index contributed by atoms with van der Waals surface area (Å²) in [6.07, 6.45) is 0. The molecule has 0 saturated carbocycles. The number of halogens is 1. The zero-order valence-corrected chi connectivity index (χ0v) is 11.8. The number of H-pyrrole nitrogens is 1. The number of rotatable bonds is 3. The Bertz CT molecular complexity index is 618. The SMILES string of the molecule is CNC(=O)c1c(Nc2ccc(Br)cc2)s[nH]c1=O. The summed E-state index contributed by atoms with van der Waals surface area (Å²) in [5, 5.41) is 5.99. The quantitative estimate of drug-likeness (QED) is 0.809. The number of aromatic amines is 1. The molecule has 1 heterocycles. The maximum Gasteiger partial charge on any atom is 0.273 e. The molecule has 0 atom stereocenters. The number of benzene rings is 1. The number of aromatic nitrogens is 1. The van der Waals surface area contributed by atoms with Crippen molar-refractivity contribution in [1.29, 1.82) is 0 Å². The number of carbonyl (C=O) groups excluding carboxylic acids is 1. The van der Waals surface area contributed by atoms with E-state index in [0.29, 0.717) is 5.00 Å². The number of carbonyl (C=O) groups is 1. The Labute approximate surface area is 116 Å². The molecule has 0 unspecified atom stereocenters. The second-order valence-corrected chi connectivity index (χ2v) is 5.18. The highest BCUT2D eigenvalue weighted by atomic mass is 79.9. The van der Waals surface area contributed by atoms with E-state index in [9.17, 15) is 9.59 Å². The van der Waals surface area contributed by atoms with Crippen LogP contribution >= 0.6 is 27.5 Å². The Morgan fingerprint density at radius 2 is 2.00 bits per heavy atom. The van der Waals surface area contributed by atoms with Gasteiger partial charge in [-0.25, -0.2) is 0 Å². The van der Waals surface area contributed by atoms with Crippen LogP contribution in [0.5, 0.6) is 0 Å². The summed E-state index contributed by atoms with van der Waals surface area (Å²) in [6.45, 7) is 0. The van der Waals surface area contributed by atoms with E-state index in [4.69, 9.17) is 0 Å². The predicted molar refractivity (Wildman–Crippen MR) is 75.8 cm³/mol. The summed E-state index contributed by atoms with van der Waals surface area (Å²) in [5.41, 5.74) is 0.517. The van der Waals surface area contributed by atoms with E-state index in [-0.39, 0.29) is 11.1 Å². The van der Waals surface area contributed by atoms with E-state index in [2.05, 4.69) is 30.9 Å². The third-order valence-corrected chi connectivity index (χ3v) is 3.58. The van der Waals surface area contributed by atoms with E-state index in [1.54, 1.807) is 0 Å². The van der Waals surface area contributed by atoms with Crippen molar-refractivity contribution in [2.75, 3.05) is 12.4 Å². The minimum atomic E-state index is -0.405. The molecule has 0 aliphatic heterocycles. The minimum absolute atomic E-state index is 0.102. The molecule has 1 amide bonds. The van der Waals surface area contributed by atoms with Crippen molar-refractivity contribution in [3.05, 3.63) is 44.7 Å². The van der Waals surface area contributed by atoms with Crippen molar-refractivity contribution in [3.63, 3.8) is 0 Å². The monoisotopic (exact) mass is 327 g/mol. The van der Waals surface area contributed by atoms with Crippen molar-refractivity contribution in [3.8, 4) is 0 Å². The Kier molecular flexibility index (Phi) is 3.83. The van der Waals surface area contributed by atoms with Crippen molar-refractivity contribution in [2.24, 2.45) is 0 Å². The van der Waals surface area contributed by atoms with Crippen LogP contribution in [-0.4, -0.2) is 17.3 Å². The fourth-order valence-corrected chi connectivity index (χ4v) is 2.40. The number of hydrogen-bond acceptors (Lipinski definition) is 4. The molecule has 94 valence electrons. The van der Waals surface area contributed by atoms with Crippen molar-refractivity contribution >= 4 is 44.1 Å². The first-order valence-corrected chi connectivity index (χ1v) is 6.69. The molecule has 0 saturated heterocycles. The highest BCUT2D eigenvalue weighted by molar-refractivity contribution is 9.10. The fraction of sp³-hybridized carbons (Fsp3) is 0.0909. The van der Waals surface area contributed by atoms with Crippen molar-refractivity contribution in [1.82, 2.24) is 9.69 Å². The molecule has 3 N–H and O–H groups in total. The predicted octanol–water partition coefficient (Wildman–Crippen LogP) is 2.30. The van der Waals surface area contributed by atoms with Gasteiger partial charge in [0, 0.05) is 17.2 Å². The summed E-state index contributed by atoms with van der Waals surface area (Å²) >= 11 is 4.44. The second kappa shape index (κ2) is 5.36. The maximum atomic E-state index is 11.6. The first-order chi connectivity index (χ1) is 8.61. The lowest BCUT2D eigenvalue weighted by molar-refractivity contribution is 0.0963. The average molecular weight is 328 g/mol. The van der Waals surface area contributed by atoms with Crippen LogP contribution in [0.3, 0.4) is 0 Å². The van der Waals surface area contributed by atoms with Gasteiger partial charge in [-0.1, -0.05) is 15.9 Å². The van der Waals surface area contributed by atoms with Crippen LogP contribution in [0, 0.1) is 0 Å². The Hall–Kier alpha value is -1.60. The topological polar surface area (TPSA) is 74.0 Å². The maximum absolute atomic E-state index is 11.6. The number of amides is 1. The smallest absolute Gasteiger partial charge is 0.273 e. The average Bonchev–Trinajstić information content (AvgIpc) is 2.72. The van der Waals surface area contributed by atoms with Crippen LogP contribution in [0.15, 0.2) is 33.5 Å². The molecule has 0 fully saturated rings. The minimum Gasteiger partial charge on any atom is -0.355 e. The molecular formula is C11H10BrN3O2S. The molecule has 18 heavy (non-hydrogen) atoms. The van der Waals surface area contributed by atoms with Gasteiger partial charge in [-0.05, 0) is 35.8 Å². The zero-order chi connectivity index (χ0) is 13.1. The normalized spacial score (nSPS) is 10.1. The summed E-state index contributed by atoms with van der Waals surface area (Å²) in [6, 6.07) is 7.44. The van der Waals surface area contributed by atoms with Gasteiger partial charge in [0.05, 0.1) is 0 Å². The lowest BCUT2D eigenvalue weighted by Gasteiger charge is -2.05. The van der Waals surface area contributed by atoms with Crippen LogP contribution in [0.25, 0.3) is 0 Å². The number of anilines is 2. The van der Waals surface area contributed by atoms with Gasteiger partial charge in [-0.2, -0.15) is 0 Å². The molecule has 0 radical (unpaired) electrons. The molecule has 1 aromatic carbocycles. The van der Waals surface area contributed by atoms with Crippen LogP contribution in [0.1, 0.15) is 10.4 Å².